The summed E-state index contributed by atoms with van der Waals surface area (Å²) in [5.74, 6) is 0.681. The number of ether oxygens (including phenoxy) is 2. The van der Waals surface area contributed by atoms with Crippen molar-refractivity contribution in [2.24, 2.45) is 0 Å². The first-order valence-corrected chi connectivity index (χ1v) is 11.9. The van der Waals surface area contributed by atoms with Crippen molar-refractivity contribution >= 4 is 29.3 Å². The summed E-state index contributed by atoms with van der Waals surface area (Å²) in [7, 11) is 1.30. The Labute approximate surface area is 207 Å². The Bertz CT molecular complexity index is 1280. The Morgan fingerprint density at radius 2 is 1.60 bits per heavy atom. The SMILES string of the molecule is COC(=O)c1ccccc1NC(=O)CSc1nnc(COc2ccccc2)n1Cc1ccccc1. The molecular formula is C26H24N4O4S. The van der Waals surface area contributed by atoms with E-state index >= 15 is 0 Å². The van der Waals surface area contributed by atoms with Crippen molar-refractivity contribution in [2.45, 2.75) is 18.3 Å². The highest BCUT2D eigenvalue weighted by Crippen LogP contribution is 2.22. The van der Waals surface area contributed by atoms with Gasteiger partial charge in [0.05, 0.1) is 30.7 Å². The van der Waals surface area contributed by atoms with Crippen LogP contribution in [0.25, 0.3) is 0 Å². The van der Waals surface area contributed by atoms with E-state index in [4.69, 9.17) is 9.47 Å². The third-order valence-electron chi connectivity index (χ3n) is 5.03. The number of hydrogen-bond donors (Lipinski definition) is 1. The molecule has 8 nitrogen and oxygen atoms in total. The van der Waals surface area contributed by atoms with Crippen LogP contribution in [-0.2, 0) is 22.7 Å². The Hall–Kier alpha value is -4.11. The predicted octanol–water partition coefficient (Wildman–Crippen LogP) is 4.42. The number of hydrogen-bond acceptors (Lipinski definition) is 7. The first-order valence-electron chi connectivity index (χ1n) is 10.9. The number of carbonyl (C=O) groups is 2. The van der Waals surface area contributed by atoms with Gasteiger partial charge in [-0.2, -0.15) is 0 Å². The van der Waals surface area contributed by atoms with Crippen molar-refractivity contribution in [1.82, 2.24) is 14.8 Å². The zero-order chi connectivity index (χ0) is 24.5. The molecule has 0 unspecified atom stereocenters. The van der Waals surface area contributed by atoms with E-state index in [9.17, 15) is 9.59 Å². The normalized spacial score (nSPS) is 10.5. The van der Waals surface area contributed by atoms with Gasteiger partial charge in [0.25, 0.3) is 0 Å². The lowest BCUT2D eigenvalue weighted by Crippen LogP contribution is -2.17. The maximum absolute atomic E-state index is 12.7. The number of nitrogens with one attached hydrogen (secondary N) is 1. The van der Waals surface area contributed by atoms with Gasteiger partial charge in [-0.3, -0.25) is 9.36 Å². The first-order chi connectivity index (χ1) is 17.1. The monoisotopic (exact) mass is 488 g/mol. The van der Waals surface area contributed by atoms with Gasteiger partial charge in [-0.15, -0.1) is 10.2 Å². The smallest absolute Gasteiger partial charge is 0.339 e. The second-order valence-corrected chi connectivity index (χ2v) is 8.39. The molecule has 0 aliphatic heterocycles. The molecule has 0 bridgehead atoms. The Kier molecular flexibility index (Phi) is 8.13. The van der Waals surface area contributed by atoms with Crippen LogP contribution < -0.4 is 10.1 Å². The van der Waals surface area contributed by atoms with Crippen LogP contribution in [-0.4, -0.2) is 39.5 Å². The van der Waals surface area contributed by atoms with Gasteiger partial charge in [-0.25, -0.2) is 4.79 Å². The van der Waals surface area contributed by atoms with E-state index in [0.29, 0.717) is 28.8 Å². The average molecular weight is 489 g/mol. The molecule has 4 rings (SSSR count). The molecule has 0 saturated heterocycles. The largest absolute Gasteiger partial charge is 0.486 e. The van der Waals surface area contributed by atoms with Crippen LogP contribution in [0.15, 0.2) is 90.1 Å². The number of benzene rings is 3. The number of thioether (sulfide) groups is 1. The molecule has 1 aromatic heterocycles. The standard InChI is InChI=1S/C26H24N4O4S/c1-33-25(32)21-14-8-9-15-22(21)27-24(31)18-35-26-29-28-23(17-34-20-12-6-3-7-13-20)30(26)16-19-10-4-2-5-11-19/h2-15H,16-18H2,1H3,(H,27,31). The lowest BCUT2D eigenvalue weighted by atomic mass is 10.2. The molecular weight excluding hydrogens is 464 g/mol. The maximum Gasteiger partial charge on any atom is 0.339 e. The summed E-state index contributed by atoms with van der Waals surface area (Å²) in [5, 5.41) is 12.0. The van der Waals surface area contributed by atoms with E-state index in [1.807, 2.05) is 65.2 Å². The number of rotatable bonds is 10. The van der Waals surface area contributed by atoms with E-state index in [2.05, 4.69) is 15.5 Å². The minimum atomic E-state index is -0.515. The van der Waals surface area contributed by atoms with Gasteiger partial charge in [-0.1, -0.05) is 72.4 Å². The summed E-state index contributed by atoms with van der Waals surface area (Å²) in [4.78, 5) is 24.6. The van der Waals surface area contributed by atoms with Crippen molar-refractivity contribution in [1.29, 1.82) is 0 Å². The second-order valence-electron chi connectivity index (χ2n) is 7.45. The Balaban J connectivity index is 1.47. The summed E-state index contributed by atoms with van der Waals surface area (Å²) in [5.41, 5.74) is 1.76. The molecule has 0 aliphatic rings. The summed E-state index contributed by atoms with van der Waals surface area (Å²) in [6, 6.07) is 26.1. The number of nitrogens with zero attached hydrogens (tertiary/aromatic N) is 3. The molecule has 0 atom stereocenters. The lowest BCUT2D eigenvalue weighted by molar-refractivity contribution is -0.113. The Morgan fingerprint density at radius 1 is 0.914 bits per heavy atom. The van der Waals surface area contributed by atoms with Crippen LogP contribution in [0.4, 0.5) is 5.69 Å². The Morgan fingerprint density at radius 3 is 2.34 bits per heavy atom. The molecule has 1 heterocycles. The fourth-order valence-corrected chi connectivity index (χ4v) is 4.08. The molecule has 1 N–H and O–H groups in total. The molecule has 3 aromatic carbocycles. The minimum absolute atomic E-state index is 0.0853. The van der Waals surface area contributed by atoms with E-state index < -0.39 is 5.97 Å². The molecule has 0 fully saturated rings. The molecule has 9 heteroatoms. The molecule has 35 heavy (non-hydrogen) atoms. The molecule has 0 spiro atoms. The highest BCUT2D eigenvalue weighted by Gasteiger charge is 2.17. The quantitative estimate of drug-likeness (QED) is 0.261. The van der Waals surface area contributed by atoms with Gasteiger partial charge in [0, 0.05) is 0 Å². The van der Waals surface area contributed by atoms with Crippen LogP contribution in [0.2, 0.25) is 0 Å². The van der Waals surface area contributed by atoms with Gasteiger partial charge in [0.15, 0.2) is 11.0 Å². The molecule has 1 amide bonds. The third kappa shape index (κ3) is 6.48. The number of esters is 1. The number of aromatic nitrogens is 3. The molecule has 0 aliphatic carbocycles. The number of carbonyl (C=O) groups excluding carboxylic acids is 2. The minimum Gasteiger partial charge on any atom is -0.486 e. The van der Waals surface area contributed by atoms with E-state index in [1.54, 1.807) is 24.3 Å². The summed E-state index contributed by atoms with van der Waals surface area (Å²) in [6.07, 6.45) is 0. The van der Waals surface area contributed by atoms with Gasteiger partial charge in [0.1, 0.15) is 12.4 Å². The zero-order valence-corrected chi connectivity index (χ0v) is 19.9. The van der Waals surface area contributed by atoms with Crippen LogP contribution in [0.5, 0.6) is 5.75 Å². The number of anilines is 1. The predicted molar refractivity (Wildman–Crippen MR) is 133 cm³/mol. The summed E-state index contributed by atoms with van der Waals surface area (Å²) >= 11 is 1.26. The molecule has 4 aromatic rings. The van der Waals surface area contributed by atoms with Gasteiger partial charge in [0.2, 0.25) is 5.91 Å². The third-order valence-corrected chi connectivity index (χ3v) is 5.99. The summed E-state index contributed by atoms with van der Waals surface area (Å²) in [6.45, 7) is 0.777. The highest BCUT2D eigenvalue weighted by atomic mass is 32.2. The van der Waals surface area contributed by atoms with Crippen molar-refractivity contribution in [3.63, 3.8) is 0 Å². The fraction of sp³-hybridized carbons (Fsp3) is 0.154. The molecule has 178 valence electrons. The molecule has 0 saturated carbocycles. The number of para-hydroxylation sites is 2. The zero-order valence-electron chi connectivity index (χ0n) is 19.1. The highest BCUT2D eigenvalue weighted by molar-refractivity contribution is 7.99. The average Bonchev–Trinajstić information content (AvgIpc) is 3.28. The van der Waals surface area contributed by atoms with E-state index in [-0.39, 0.29) is 18.3 Å². The fourth-order valence-electron chi connectivity index (χ4n) is 3.32. The number of amides is 1. The first kappa shape index (κ1) is 24.0. The number of methoxy groups -OCH3 is 1. The van der Waals surface area contributed by atoms with Crippen LogP contribution >= 0.6 is 11.8 Å². The van der Waals surface area contributed by atoms with Crippen LogP contribution in [0, 0.1) is 0 Å². The summed E-state index contributed by atoms with van der Waals surface area (Å²) < 4.78 is 12.6. The topological polar surface area (TPSA) is 95.3 Å². The van der Waals surface area contributed by atoms with Crippen LogP contribution in [0.1, 0.15) is 21.7 Å². The van der Waals surface area contributed by atoms with Gasteiger partial charge < -0.3 is 14.8 Å². The van der Waals surface area contributed by atoms with E-state index in [1.165, 1.54) is 18.9 Å². The second kappa shape index (κ2) is 11.8. The van der Waals surface area contributed by atoms with E-state index in [0.717, 1.165) is 11.3 Å². The van der Waals surface area contributed by atoms with Crippen molar-refractivity contribution < 1.29 is 19.1 Å². The van der Waals surface area contributed by atoms with Gasteiger partial charge >= 0.3 is 5.97 Å². The van der Waals surface area contributed by atoms with Crippen molar-refractivity contribution in [3.05, 3.63) is 102 Å². The maximum atomic E-state index is 12.7. The molecule has 0 radical (unpaired) electrons. The van der Waals surface area contributed by atoms with Gasteiger partial charge in [-0.05, 0) is 29.8 Å². The van der Waals surface area contributed by atoms with Crippen molar-refractivity contribution in [2.75, 3.05) is 18.2 Å². The van der Waals surface area contributed by atoms with Crippen molar-refractivity contribution in [3.8, 4) is 5.75 Å². The lowest BCUT2D eigenvalue weighted by Gasteiger charge is -2.12. The van der Waals surface area contributed by atoms with Crippen LogP contribution in [0.3, 0.4) is 0 Å².